The summed E-state index contributed by atoms with van der Waals surface area (Å²) in [6, 6.07) is 9.48. The SMILES string of the molecule is Cn1c(=O)n(CCC(=O)OCC(=O)NC2(C#N)CCCC2)c2ccccc21. The summed E-state index contributed by atoms with van der Waals surface area (Å²) >= 11 is 0. The number of para-hydroxylation sites is 2. The number of nitriles is 1. The molecule has 0 atom stereocenters. The quantitative estimate of drug-likeness (QED) is 0.770. The molecule has 2 aromatic rings. The van der Waals surface area contributed by atoms with Gasteiger partial charge in [-0.3, -0.25) is 18.7 Å². The fraction of sp³-hybridized carbons (Fsp3) is 0.474. The Morgan fingerprint density at radius 2 is 1.93 bits per heavy atom. The fourth-order valence-electron chi connectivity index (χ4n) is 3.55. The van der Waals surface area contributed by atoms with Crippen molar-refractivity contribution in [3.05, 3.63) is 34.7 Å². The van der Waals surface area contributed by atoms with Crippen molar-refractivity contribution in [2.45, 2.75) is 44.2 Å². The number of nitrogens with one attached hydrogen (secondary N) is 1. The van der Waals surface area contributed by atoms with Gasteiger partial charge in [0, 0.05) is 13.6 Å². The third-order valence-electron chi connectivity index (χ3n) is 5.01. The third kappa shape index (κ3) is 3.87. The van der Waals surface area contributed by atoms with Crippen molar-refractivity contribution < 1.29 is 14.3 Å². The summed E-state index contributed by atoms with van der Waals surface area (Å²) in [6.07, 6.45) is 3.01. The number of nitrogens with zero attached hydrogens (tertiary/aromatic N) is 3. The van der Waals surface area contributed by atoms with E-state index in [9.17, 15) is 19.6 Å². The van der Waals surface area contributed by atoms with Crippen LogP contribution in [0.15, 0.2) is 29.1 Å². The average molecular weight is 370 g/mol. The van der Waals surface area contributed by atoms with E-state index in [0.717, 1.165) is 23.9 Å². The Labute approximate surface area is 156 Å². The van der Waals surface area contributed by atoms with Crippen LogP contribution in [0, 0.1) is 11.3 Å². The summed E-state index contributed by atoms with van der Waals surface area (Å²) in [7, 11) is 1.68. The first-order chi connectivity index (χ1) is 13.0. The maximum absolute atomic E-state index is 12.3. The van der Waals surface area contributed by atoms with E-state index in [-0.39, 0.29) is 18.7 Å². The molecule has 1 aromatic carbocycles. The van der Waals surface area contributed by atoms with Crippen molar-refractivity contribution in [3.8, 4) is 6.07 Å². The second kappa shape index (κ2) is 7.66. The number of fused-ring (bicyclic) bond motifs is 1. The van der Waals surface area contributed by atoms with E-state index in [1.165, 1.54) is 9.13 Å². The Bertz CT molecular complexity index is 960. The van der Waals surface area contributed by atoms with Crippen LogP contribution in [0.5, 0.6) is 0 Å². The standard InChI is InChI=1S/C19H22N4O4/c1-22-14-6-2-3-7-15(14)23(18(22)26)11-8-17(25)27-12-16(24)21-19(13-20)9-4-5-10-19/h2-3,6-7H,4-5,8-12H2,1H3,(H,21,24). The van der Waals surface area contributed by atoms with Gasteiger partial charge in [0.1, 0.15) is 5.54 Å². The molecule has 0 bridgehead atoms. The topological polar surface area (TPSA) is 106 Å². The van der Waals surface area contributed by atoms with E-state index < -0.39 is 24.0 Å². The molecular weight excluding hydrogens is 348 g/mol. The Morgan fingerprint density at radius 1 is 1.26 bits per heavy atom. The Morgan fingerprint density at radius 3 is 2.59 bits per heavy atom. The molecule has 1 aliphatic rings. The monoisotopic (exact) mass is 370 g/mol. The van der Waals surface area contributed by atoms with Gasteiger partial charge in [0.05, 0.1) is 23.5 Å². The summed E-state index contributed by atoms with van der Waals surface area (Å²) in [5.74, 6) is -1.04. The maximum atomic E-state index is 12.3. The first-order valence-corrected chi connectivity index (χ1v) is 8.98. The lowest BCUT2D eigenvalue weighted by Gasteiger charge is -2.21. The van der Waals surface area contributed by atoms with Gasteiger partial charge >= 0.3 is 11.7 Å². The van der Waals surface area contributed by atoms with Crippen LogP contribution in [0.2, 0.25) is 0 Å². The number of benzene rings is 1. The molecule has 0 spiro atoms. The molecule has 1 fully saturated rings. The fourth-order valence-corrected chi connectivity index (χ4v) is 3.55. The Hall–Kier alpha value is -3.08. The van der Waals surface area contributed by atoms with Crippen LogP contribution in [0.1, 0.15) is 32.1 Å². The molecule has 1 amide bonds. The van der Waals surface area contributed by atoms with Crippen LogP contribution >= 0.6 is 0 Å². The van der Waals surface area contributed by atoms with Gasteiger partial charge in [-0.1, -0.05) is 12.1 Å². The summed E-state index contributed by atoms with van der Waals surface area (Å²) in [6.45, 7) is -0.254. The van der Waals surface area contributed by atoms with Gasteiger partial charge in [0.25, 0.3) is 5.91 Å². The number of imidazole rings is 1. The van der Waals surface area contributed by atoms with Crippen LogP contribution in [-0.4, -0.2) is 33.2 Å². The van der Waals surface area contributed by atoms with Crippen molar-refractivity contribution in [2.75, 3.05) is 6.61 Å². The number of rotatable bonds is 6. The van der Waals surface area contributed by atoms with Crippen molar-refractivity contribution in [2.24, 2.45) is 7.05 Å². The second-order valence-corrected chi connectivity index (χ2v) is 6.84. The molecule has 1 N–H and O–H groups in total. The van der Waals surface area contributed by atoms with Crippen LogP contribution in [0.3, 0.4) is 0 Å². The van der Waals surface area contributed by atoms with Gasteiger partial charge in [-0.2, -0.15) is 5.26 Å². The predicted octanol–water partition coefficient (Wildman–Crippen LogP) is 1.23. The highest BCUT2D eigenvalue weighted by atomic mass is 16.5. The molecule has 142 valence electrons. The highest BCUT2D eigenvalue weighted by Gasteiger charge is 2.35. The number of carbonyl (C=O) groups excluding carboxylic acids is 2. The molecule has 8 nitrogen and oxygen atoms in total. The van der Waals surface area contributed by atoms with Crippen LogP contribution in [0.4, 0.5) is 0 Å². The maximum Gasteiger partial charge on any atom is 0.328 e. The lowest BCUT2D eigenvalue weighted by molar-refractivity contribution is -0.149. The molecule has 1 saturated carbocycles. The summed E-state index contributed by atoms with van der Waals surface area (Å²) in [4.78, 5) is 36.3. The number of esters is 1. The normalized spacial score (nSPS) is 15.4. The Kier molecular flexibility index (Phi) is 5.31. The second-order valence-electron chi connectivity index (χ2n) is 6.84. The van der Waals surface area contributed by atoms with Gasteiger partial charge in [-0.05, 0) is 37.8 Å². The van der Waals surface area contributed by atoms with Crippen molar-refractivity contribution in [1.29, 1.82) is 5.26 Å². The number of aromatic nitrogens is 2. The first kappa shape index (κ1) is 18.7. The van der Waals surface area contributed by atoms with Crippen molar-refractivity contribution >= 4 is 22.9 Å². The molecule has 0 unspecified atom stereocenters. The molecular formula is C19H22N4O4. The number of aryl methyl sites for hydroxylation is 2. The summed E-state index contributed by atoms with van der Waals surface area (Å²) in [5, 5.41) is 11.9. The van der Waals surface area contributed by atoms with Gasteiger partial charge in [0.15, 0.2) is 6.61 Å². The minimum atomic E-state index is -0.834. The number of ether oxygens (including phenoxy) is 1. The van der Waals surface area contributed by atoms with Gasteiger partial charge in [-0.15, -0.1) is 0 Å². The minimum absolute atomic E-state index is 0.0232. The van der Waals surface area contributed by atoms with Gasteiger partial charge < -0.3 is 10.1 Å². The molecule has 1 aliphatic carbocycles. The zero-order valence-electron chi connectivity index (χ0n) is 15.2. The molecule has 0 radical (unpaired) electrons. The highest BCUT2D eigenvalue weighted by Crippen LogP contribution is 2.28. The number of hydrogen-bond acceptors (Lipinski definition) is 5. The molecule has 27 heavy (non-hydrogen) atoms. The summed E-state index contributed by atoms with van der Waals surface area (Å²) in [5.41, 5.74) is 0.486. The van der Waals surface area contributed by atoms with E-state index in [1.54, 1.807) is 7.05 Å². The smallest absolute Gasteiger partial charge is 0.328 e. The third-order valence-corrected chi connectivity index (χ3v) is 5.01. The lowest BCUT2D eigenvalue weighted by atomic mass is 10.00. The van der Waals surface area contributed by atoms with Crippen LogP contribution in [-0.2, 0) is 27.9 Å². The molecule has 0 saturated heterocycles. The van der Waals surface area contributed by atoms with Crippen molar-refractivity contribution in [3.63, 3.8) is 0 Å². The summed E-state index contributed by atoms with van der Waals surface area (Å²) < 4.78 is 8.04. The minimum Gasteiger partial charge on any atom is -0.456 e. The largest absolute Gasteiger partial charge is 0.456 e. The van der Waals surface area contributed by atoms with E-state index in [1.807, 2.05) is 24.3 Å². The zero-order valence-corrected chi connectivity index (χ0v) is 15.2. The van der Waals surface area contributed by atoms with E-state index in [2.05, 4.69) is 11.4 Å². The lowest BCUT2D eigenvalue weighted by Crippen LogP contribution is -2.46. The number of carbonyl (C=O) groups is 2. The average Bonchev–Trinajstić information content (AvgIpc) is 3.23. The van der Waals surface area contributed by atoms with Gasteiger partial charge in [-0.25, -0.2) is 4.79 Å². The van der Waals surface area contributed by atoms with Crippen molar-refractivity contribution in [1.82, 2.24) is 14.5 Å². The van der Waals surface area contributed by atoms with Crippen LogP contribution < -0.4 is 11.0 Å². The highest BCUT2D eigenvalue weighted by molar-refractivity contribution is 5.81. The molecule has 8 heteroatoms. The zero-order chi connectivity index (χ0) is 19.4. The predicted molar refractivity (Wildman–Crippen MR) is 97.7 cm³/mol. The van der Waals surface area contributed by atoms with Gasteiger partial charge in [0.2, 0.25) is 0 Å². The molecule has 1 heterocycles. The van der Waals surface area contributed by atoms with E-state index in [0.29, 0.717) is 12.8 Å². The van der Waals surface area contributed by atoms with E-state index >= 15 is 0 Å². The molecule has 0 aliphatic heterocycles. The van der Waals surface area contributed by atoms with Crippen LogP contribution in [0.25, 0.3) is 11.0 Å². The number of hydrogen-bond donors (Lipinski definition) is 1. The van der Waals surface area contributed by atoms with E-state index in [4.69, 9.17) is 4.74 Å². The Balaban J connectivity index is 1.54. The number of amides is 1. The molecule has 3 rings (SSSR count). The molecule has 1 aromatic heterocycles. The first-order valence-electron chi connectivity index (χ1n) is 8.98.